The molecule has 1 aliphatic heterocycles. The van der Waals surface area contributed by atoms with Gasteiger partial charge in [-0.25, -0.2) is 9.50 Å². The van der Waals surface area contributed by atoms with E-state index in [1.165, 1.54) is 4.52 Å². The van der Waals surface area contributed by atoms with Gasteiger partial charge in [0.2, 0.25) is 0 Å². The van der Waals surface area contributed by atoms with Crippen LogP contribution in [0.1, 0.15) is 27.3 Å². The molecule has 5 aromatic rings. The van der Waals surface area contributed by atoms with E-state index >= 15 is 0 Å². The summed E-state index contributed by atoms with van der Waals surface area (Å²) in [5.41, 5.74) is 7.01. The van der Waals surface area contributed by atoms with Crippen LogP contribution >= 0.6 is 0 Å². The van der Waals surface area contributed by atoms with Crippen LogP contribution in [-0.2, 0) is 20.0 Å². The van der Waals surface area contributed by atoms with Crippen molar-refractivity contribution in [3.8, 4) is 28.3 Å². The normalized spacial score (nSPS) is 13.1. The van der Waals surface area contributed by atoms with Crippen LogP contribution in [0.15, 0.2) is 71.5 Å². The van der Waals surface area contributed by atoms with E-state index in [9.17, 15) is 9.59 Å². The van der Waals surface area contributed by atoms with Gasteiger partial charge in [0.05, 0.1) is 36.2 Å². The number of fused-ring (bicyclic) bond motifs is 2. The molecule has 0 unspecified atom stereocenters. The fourth-order valence-corrected chi connectivity index (χ4v) is 5.05. The van der Waals surface area contributed by atoms with E-state index in [4.69, 9.17) is 9.72 Å². The summed E-state index contributed by atoms with van der Waals surface area (Å²) in [7, 11) is 3.60. The highest BCUT2D eigenvalue weighted by Gasteiger charge is 2.28. The van der Waals surface area contributed by atoms with Crippen molar-refractivity contribution >= 4 is 11.6 Å². The van der Waals surface area contributed by atoms with Gasteiger partial charge < -0.3 is 14.2 Å². The first-order valence-corrected chi connectivity index (χ1v) is 12.2. The average molecular weight is 494 g/mol. The van der Waals surface area contributed by atoms with Gasteiger partial charge in [-0.2, -0.15) is 0 Å². The molecule has 1 amide bonds. The van der Waals surface area contributed by atoms with Gasteiger partial charge >= 0.3 is 0 Å². The zero-order valence-electron chi connectivity index (χ0n) is 21.0. The molecule has 4 heterocycles. The number of carbonyl (C=O) groups excluding carboxylic acids is 1. The minimum absolute atomic E-state index is 0.0838. The lowest BCUT2D eigenvalue weighted by molar-refractivity contribution is 0.0731. The van der Waals surface area contributed by atoms with Crippen LogP contribution in [0.3, 0.4) is 0 Å². The van der Waals surface area contributed by atoms with Crippen molar-refractivity contribution in [3.63, 3.8) is 0 Å². The monoisotopic (exact) mass is 493 g/mol. The Balaban J connectivity index is 1.32. The van der Waals surface area contributed by atoms with Crippen molar-refractivity contribution in [3.05, 3.63) is 99.6 Å². The Labute approximate surface area is 213 Å². The molecule has 0 saturated carbocycles. The second kappa shape index (κ2) is 8.81. The summed E-state index contributed by atoms with van der Waals surface area (Å²) in [5, 5.41) is 3.18. The predicted molar refractivity (Wildman–Crippen MR) is 142 cm³/mol. The molecular formula is C29H27N5O3. The number of nitrogens with one attached hydrogen (secondary N) is 1. The number of carbonyl (C=O) groups is 1. The zero-order valence-corrected chi connectivity index (χ0v) is 21.0. The fourth-order valence-electron chi connectivity index (χ4n) is 5.05. The van der Waals surface area contributed by atoms with Crippen molar-refractivity contribution in [1.29, 1.82) is 0 Å². The van der Waals surface area contributed by atoms with Gasteiger partial charge in [-0.05, 0) is 48.4 Å². The topological polar surface area (TPSA) is 84.6 Å². The van der Waals surface area contributed by atoms with E-state index in [0.717, 1.165) is 39.7 Å². The third kappa shape index (κ3) is 3.81. The number of hydrogen-bond donors (Lipinski definition) is 1. The number of methoxy groups -OCH3 is 1. The standard InChI is InChI=1S/C29H27N5O3/c1-18-22(15-26(32(18)2)20-9-11-21(37-3)12-10-20)28(35)33-14-13-24-23(17-33)29(36)34-27(30-24)16-25(31-34)19-7-5-4-6-8-19/h4-12,15-16,31H,13-14,17H2,1-3H3. The highest BCUT2D eigenvalue weighted by molar-refractivity contribution is 5.97. The first kappa shape index (κ1) is 22.8. The third-order valence-electron chi connectivity index (χ3n) is 7.28. The molecule has 0 saturated heterocycles. The van der Waals surface area contributed by atoms with E-state index < -0.39 is 0 Å². The summed E-state index contributed by atoms with van der Waals surface area (Å²) >= 11 is 0. The van der Waals surface area contributed by atoms with E-state index in [1.54, 1.807) is 12.0 Å². The lowest BCUT2D eigenvalue weighted by Crippen LogP contribution is -2.40. The SMILES string of the molecule is COc1ccc(-c2cc(C(=O)N3CCc4nc5cc(-c6ccccc6)[nH]n5c(=O)c4C3)c(C)n2C)cc1. The zero-order chi connectivity index (χ0) is 25.7. The Morgan fingerprint density at radius 3 is 2.51 bits per heavy atom. The van der Waals surface area contributed by atoms with Gasteiger partial charge in [-0.1, -0.05) is 30.3 Å². The number of ether oxygens (including phenoxy) is 1. The summed E-state index contributed by atoms with van der Waals surface area (Å²) in [6.07, 6.45) is 0.538. The molecule has 8 nitrogen and oxygen atoms in total. The Morgan fingerprint density at radius 1 is 1.03 bits per heavy atom. The van der Waals surface area contributed by atoms with Crippen molar-refractivity contribution < 1.29 is 9.53 Å². The first-order chi connectivity index (χ1) is 17.9. The second-order valence-corrected chi connectivity index (χ2v) is 9.36. The molecule has 186 valence electrons. The van der Waals surface area contributed by atoms with Crippen LogP contribution in [-0.4, -0.2) is 43.6 Å². The molecule has 0 atom stereocenters. The van der Waals surface area contributed by atoms with Crippen LogP contribution in [0.5, 0.6) is 5.75 Å². The maximum atomic E-state index is 13.6. The van der Waals surface area contributed by atoms with Crippen LogP contribution in [0, 0.1) is 6.92 Å². The molecule has 0 bridgehead atoms. The van der Waals surface area contributed by atoms with Gasteiger partial charge in [0.1, 0.15) is 5.75 Å². The number of aromatic nitrogens is 4. The molecule has 8 heteroatoms. The molecule has 0 fully saturated rings. The number of rotatable bonds is 4. The number of amides is 1. The average Bonchev–Trinajstić information content (AvgIpc) is 3.50. The summed E-state index contributed by atoms with van der Waals surface area (Å²) in [6, 6.07) is 21.4. The van der Waals surface area contributed by atoms with Crippen LogP contribution in [0.25, 0.3) is 28.2 Å². The molecule has 37 heavy (non-hydrogen) atoms. The quantitative estimate of drug-likeness (QED) is 0.407. The fraction of sp³-hybridized carbons (Fsp3) is 0.207. The number of nitrogens with zero attached hydrogens (tertiary/aromatic N) is 4. The lowest BCUT2D eigenvalue weighted by Gasteiger charge is -2.27. The maximum Gasteiger partial charge on any atom is 0.277 e. The molecule has 0 aliphatic carbocycles. The molecule has 1 aliphatic rings. The smallest absolute Gasteiger partial charge is 0.277 e. The van der Waals surface area contributed by atoms with E-state index in [-0.39, 0.29) is 18.0 Å². The van der Waals surface area contributed by atoms with Crippen molar-refractivity contribution in [2.24, 2.45) is 7.05 Å². The van der Waals surface area contributed by atoms with Crippen LogP contribution in [0.4, 0.5) is 0 Å². The number of aromatic amines is 1. The second-order valence-electron chi connectivity index (χ2n) is 9.36. The van der Waals surface area contributed by atoms with Crippen molar-refractivity contribution in [2.45, 2.75) is 19.9 Å². The maximum absolute atomic E-state index is 13.6. The summed E-state index contributed by atoms with van der Waals surface area (Å²) < 4.78 is 8.77. The van der Waals surface area contributed by atoms with E-state index in [2.05, 4.69) is 5.10 Å². The third-order valence-corrected chi connectivity index (χ3v) is 7.28. The van der Waals surface area contributed by atoms with Gasteiger partial charge in [-0.3, -0.25) is 14.7 Å². The highest BCUT2D eigenvalue weighted by atomic mass is 16.5. The summed E-state index contributed by atoms with van der Waals surface area (Å²) in [4.78, 5) is 33.6. The Hall–Kier alpha value is -4.59. The van der Waals surface area contributed by atoms with Gasteiger partial charge in [-0.15, -0.1) is 0 Å². The highest BCUT2D eigenvalue weighted by Crippen LogP contribution is 2.28. The van der Waals surface area contributed by atoms with Gasteiger partial charge in [0, 0.05) is 37.5 Å². The Bertz CT molecular complexity index is 1690. The van der Waals surface area contributed by atoms with E-state index in [1.807, 2.05) is 85.3 Å². The Morgan fingerprint density at radius 2 is 1.78 bits per heavy atom. The molecule has 0 spiro atoms. The number of H-pyrrole nitrogens is 1. The summed E-state index contributed by atoms with van der Waals surface area (Å²) in [5.74, 6) is 0.699. The van der Waals surface area contributed by atoms with Crippen LogP contribution < -0.4 is 10.3 Å². The first-order valence-electron chi connectivity index (χ1n) is 12.2. The molecule has 3 aromatic heterocycles. The van der Waals surface area contributed by atoms with Gasteiger partial charge in [0.15, 0.2) is 5.65 Å². The molecule has 1 N–H and O–H groups in total. The minimum Gasteiger partial charge on any atom is -0.497 e. The number of hydrogen-bond acceptors (Lipinski definition) is 4. The molecule has 6 rings (SSSR count). The lowest BCUT2D eigenvalue weighted by atomic mass is 10.1. The predicted octanol–water partition coefficient (Wildman–Crippen LogP) is 4.21. The number of benzene rings is 2. The van der Waals surface area contributed by atoms with Crippen LogP contribution in [0.2, 0.25) is 0 Å². The van der Waals surface area contributed by atoms with Crippen molar-refractivity contribution in [2.75, 3.05) is 13.7 Å². The largest absolute Gasteiger partial charge is 0.497 e. The summed E-state index contributed by atoms with van der Waals surface area (Å²) in [6.45, 7) is 2.69. The molecule has 2 aromatic carbocycles. The van der Waals surface area contributed by atoms with E-state index in [0.29, 0.717) is 29.7 Å². The Kier molecular flexibility index (Phi) is 5.44. The van der Waals surface area contributed by atoms with Gasteiger partial charge in [0.25, 0.3) is 11.5 Å². The minimum atomic E-state index is -0.164. The molecule has 0 radical (unpaired) electrons. The van der Waals surface area contributed by atoms with Crippen molar-refractivity contribution in [1.82, 2.24) is 24.1 Å². The molecular weight excluding hydrogens is 466 g/mol.